The lowest BCUT2D eigenvalue weighted by molar-refractivity contribution is -0.138. The molecule has 0 bridgehead atoms. The van der Waals surface area contributed by atoms with Gasteiger partial charge in [0.25, 0.3) is 0 Å². The summed E-state index contributed by atoms with van der Waals surface area (Å²) in [5.41, 5.74) is 0. The molecular weight excluding hydrogens is 238 g/mol. The van der Waals surface area contributed by atoms with Gasteiger partial charge in [-0.25, -0.2) is 0 Å². The highest BCUT2D eigenvalue weighted by molar-refractivity contribution is 5.67. The molecule has 0 amide bonds. The Labute approximate surface area is 118 Å². The van der Waals surface area contributed by atoms with E-state index in [9.17, 15) is 4.79 Å². The van der Waals surface area contributed by atoms with Gasteiger partial charge in [0.15, 0.2) is 0 Å². The second-order valence-electron chi connectivity index (χ2n) is 6.32. The quantitative estimate of drug-likeness (QED) is 0.682. The van der Waals surface area contributed by atoms with Gasteiger partial charge in [-0.3, -0.25) is 4.79 Å². The summed E-state index contributed by atoms with van der Waals surface area (Å²) in [6.45, 7) is 8.98. The molecule has 3 nitrogen and oxygen atoms in total. The van der Waals surface area contributed by atoms with Crippen molar-refractivity contribution in [3.63, 3.8) is 0 Å². The van der Waals surface area contributed by atoms with E-state index in [4.69, 9.17) is 5.11 Å². The van der Waals surface area contributed by atoms with Crippen LogP contribution in [0.2, 0.25) is 0 Å². The summed E-state index contributed by atoms with van der Waals surface area (Å²) in [6, 6.07) is 0.659. The molecule has 0 aliphatic carbocycles. The van der Waals surface area contributed by atoms with E-state index in [2.05, 4.69) is 25.7 Å². The average Bonchev–Trinajstić information content (AvgIpc) is 2.38. The van der Waals surface area contributed by atoms with Crippen molar-refractivity contribution in [2.45, 2.75) is 71.8 Å². The van der Waals surface area contributed by atoms with E-state index in [1.807, 2.05) is 0 Å². The van der Waals surface area contributed by atoms with Crippen molar-refractivity contribution in [2.75, 3.05) is 13.1 Å². The zero-order chi connectivity index (χ0) is 14.3. The minimum atomic E-state index is -0.652. The van der Waals surface area contributed by atoms with Gasteiger partial charge in [-0.2, -0.15) is 0 Å². The highest BCUT2D eigenvalue weighted by Crippen LogP contribution is 2.28. The summed E-state index contributed by atoms with van der Waals surface area (Å²) >= 11 is 0. The fraction of sp³-hybridized carbons (Fsp3) is 0.938. The Hall–Kier alpha value is -0.570. The maximum absolute atomic E-state index is 10.8. The number of likely N-dealkylation sites (tertiary alicyclic amines) is 1. The molecule has 1 aliphatic heterocycles. The van der Waals surface area contributed by atoms with Gasteiger partial charge in [-0.05, 0) is 44.6 Å². The molecule has 0 aromatic carbocycles. The second-order valence-corrected chi connectivity index (χ2v) is 6.32. The molecule has 0 aromatic heterocycles. The Balaban J connectivity index is 2.38. The summed E-state index contributed by atoms with van der Waals surface area (Å²) in [6.07, 6.45) is 7.97. The lowest BCUT2D eigenvalue weighted by Crippen LogP contribution is -2.43. The van der Waals surface area contributed by atoms with Gasteiger partial charge in [-0.15, -0.1) is 0 Å². The molecule has 3 atom stereocenters. The van der Waals surface area contributed by atoms with E-state index in [1.54, 1.807) is 0 Å². The fourth-order valence-electron chi connectivity index (χ4n) is 3.22. The fourth-order valence-corrected chi connectivity index (χ4v) is 3.22. The molecule has 0 aromatic rings. The second kappa shape index (κ2) is 8.57. The molecule has 112 valence electrons. The van der Waals surface area contributed by atoms with Gasteiger partial charge >= 0.3 is 5.97 Å². The number of rotatable bonds is 8. The molecule has 19 heavy (non-hydrogen) atoms. The van der Waals surface area contributed by atoms with Crippen LogP contribution in [0.3, 0.4) is 0 Å². The molecule has 1 heterocycles. The van der Waals surface area contributed by atoms with Gasteiger partial charge < -0.3 is 10.0 Å². The number of hydrogen-bond donors (Lipinski definition) is 1. The van der Waals surface area contributed by atoms with E-state index in [0.717, 1.165) is 6.54 Å². The molecule has 1 saturated heterocycles. The zero-order valence-corrected chi connectivity index (χ0v) is 12.9. The first kappa shape index (κ1) is 16.5. The van der Waals surface area contributed by atoms with E-state index in [1.165, 1.54) is 45.1 Å². The SMILES string of the molecule is CCCCCC(C)N1CCCC(C(C)CC(=O)O)C1. The van der Waals surface area contributed by atoms with E-state index in [-0.39, 0.29) is 0 Å². The average molecular weight is 269 g/mol. The van der Waals surface area contributed by atoms with E-state index >= 15 is 0 Å². The van der Waals surface area contributed by atoms with Crippen LogP contribution in [-0.2, 0) is 4.79 Å². The predicted octanol–water partition coefficient (Wildman–Crippen LogP) is 3.78. The monoisotopic (exact) mass is 269 g/mol. The van der Waals surface area contributed by atoms with Crippen LogP contribution in [0.4, 0.5) is 0 Å². The summed E-state index contributed by atoms with van der Waals surface area (Å²) in [5.74, 6) is 0.224. The Bertz CT molecular complexity index is 267. The van der Waals surface area contributed by atoms with Crippen LogP contribution in [0.5, 0.6) is 0 Å². The third kappa shape index (κ3) is 5.94. The molecule has 1 fully saturated rings. The predicted molar refractivity (Wildman–Crippen MR) is 79.3 cm³/mol. The number of aliphatic carboxylic acids is 1. The van der Waals surface area contributed by atoms with Gasteiger partial charge in [0.1, 0.15) is 0 Å². The Morgan fingerprint density at radius 1 is 1.37 bits per heavy atom. The number of carbonyl (C=O) groups is 1. The lowest BCUT2D eigenvalue weighted by atomic mass is 9.84. The molecule has 1 rings (SSSR count). The van der Waals surface area contributed by atoms with Crippen LogP contribution in [0.25, 0.3) is 0 Å². The van der Waals surface area contributed by atoms with Crippen LogP contribution in [0.15, 0.2) is 0 Å². The number of carboxylic acids is 1. The van der Waals surface area contributed by atoms with Crippen LogP contribution in [-0.4, -0.2) is 35.1 Å². The first-order valence-corrected chi connectivity index (χ1v) is 8.00. The van der Waals surface area contributed by atoms with Crippen molar-refractivity contribution in [1.82, 2.24) is 4.90 Å². The normalized spacial score (nSPS) is 24.1. The van der Waals surface area contributed by atoms with Crippen LogP contribution >= 0.6 is 0 Å². The summed E-state index contributed by atoms with van der Waals surface area (Å²) in [5, 5.41) is 8.92. The maximum Gasteiger partial charge on any atom is 0.303 e. The Morgan fingerprint density at radius 2 is 2.11 bits per heavy atom. The van der Waals surface area contributed by atoms with Crippen molar-refractivity contribution in [3.8, 4) is 0 Å². The van der Waals surface area contributed by atoms with Crippen molar-refractivity contribution in [1.29, 1.82) is 0 Å². The minimum Gasteiger partial charge on any atom is -0.481 e. The smallest absolute Gasteiger partial charge is 0.303 e. The number of carboxylic acid groups (broad SMARTS) is 1. The van der Waals surface area contributed by atoms with Crippen molar-refractivity contribution >= 4 is 5.97 Å². The number of piperidine rings is 1. The molecule has 3 heteroatoms. The molecule has 1 N–H and O–H groups in total. The molecular formula is C16H31NO2. The first-order valence-electron chi connectivity index (χ1n) is 8.00. The Morgan fingerprint density at radius 3 is 2.74 bits per heavy atom. The van der Waals surface area contributed by atoms with Crippen LogP contribution in [0, 0.1) is 11.8 Å². The third-order valence-corrected chi connectivity index (χ3v) is 4.64. The van der Waals surface area contributed by atoms with E-state index < -0.39 is 5.97 Å². The molecule has 3 unspecified atom stereocenters. The summed E-state index contributed by atoms with van der Waals surface area (Å²) in [7, 11) is 0. The molecule has 0 radical (unpaired) electrons. The molecule has 1 aliphatic rings. The molecule has 0 spiro atoms. The van der Waals surface area contributed by atoms with Crippen molar-refractivity contribution in [2.24, 2.45) is 11.8 Å². The standard InChI is InChI=1S/C16H31NO2/c1-4-5-6-8-14(3)17-10-7-9-15(12-17)13(2)11-16(18)19/h13-15H,4-12H2,1-3H3,(H,18,19). The summed E-state index contributed by atoms with van der Waals surface area (Å²) in [4.78, 5) is 13.4. The van der Waals surface area contributed by atoms with Gasteiger partial charge in [-0.1, -0.05) is 33.1 Å². The number of hydrogen-bond acceptors (Lipinski definition) is 2. The number of unbranched alkanes of at least 4 members (excludes halogenated alkanes) is 2. The largest absolute Gasteiger partial charge is 0.481 e. The lowest BCUT2D eigenvalue weighted by Gasteiger charge is -2.39. The summed E-state index contributed by atoms with van der Waals surface area (Å²) < 4.78 is 0. The zero-order valence-electron chi connectivity index (χ0n) is 12.9. The Kier molecular flexibility index (Phi) is 7.44. The van der Waals surface area contributed by atoms with Crippen molar-refractivity contribution in [3.05, 3.63) is 0 Å². The topological polar surface area (TPSA) is 40.5 Å². The highest BCUT2D eigenvalue weighted by Gasteiger charge is 2.27. The third-order valence-electron chi connectivity index (χ3n) is 4.64. The molecule has 0 saturated carbocycles. The van der Waals surface area contributed by atoms with Gasteiger partial charge in [0.05, 0.1) is 0 Å². The van der Waals surface area contributed by atoms with Gasteiger partial charge in [0, 0.05) is 19.0 Å². The highest BCUT2D eigenvalue weighted by atomic mass is 16.4. The van der Waals surface area contributed by atoms with Crippen LogP contribution in [0.1, 0.15) is 65.7 Å². The van der Waals surface area contributed by atoms with Gasteiger partial charge in [0.2, 0.25) is 0 Å². The van der Waals surface area contributed by atoms with Crippen LogP contribution < -0.4 is 0 Å². The minimum absolute atomic E-state index is 0.308. The first-order chi connectivity index (χ1) is 9.04. The number of nitrogens with zero attached hydrogens (tertiary/aromatic N) is 1. The van der Waals surface area contributed by atoms with Crippen molar-refractivity contribution < 1.29 is 9.90 Å². The van der Waals surface area contributed by atoms with E-state index in [0.29, 0.717) is 24.3 Å². The maximum atomic E-state index is 10.8.